The van der Waals surface area contributed by atoms with Gasteiger partial charge in [-0.1, -0.05) is 6.92 Å². The first kappa shape index (κ1) is 11.1. The van der Waals surface area contributed by atoms with Gasteiger partial charge >= 0.3 is 0 Å². The Morgan fingerprint density at radius 3 is 2.65 bits per heavy atom. The van der Waals surface area contributed by atoms with E-state index in [9.17, 15) is 9.59 Å². The van der Waals surface area contributed by atoms with E-state index < -0.39 is 0 Å². The maximum atomic E-state index is 12.3. The van der Waals surface area contributed by atoms with Crippen molar-refractivity contribution in [3.63, 3.8) is 0 Å². The van der Waals surface area contributed by atoms with Gasteiger partial charge in [-0.2, -0.15) is 0 Å². The summed E-state index contributed by atoms with van der Waals surface area (Å²) in [5.74, 6) is 1.44. The molecule has 17 heavy (non-hydrogen) atoms. The van der Waals surface area contributed by atoms with Crippen LogP contribution in [0.25, 0.3) is 0 Å². The summed E-state index contributed by atoms with van der Waals surface area (Å²) in [5, 5.41) is 0. The molecule has 0 aromatic rings. The summed E-state index contributed by atoms with van der Waals surface area (Å²) in [6.07, 6.45) is 3.57. The average Bonchev–Trinajstić information content (AvgIpc) is 2.76. The van der Waals surface area contributed by atoms with Gasteiger partial charge in [-0.25, -0.2) is 0 Å². The van der Waals surface area contributed by atoms with Gasteiger partial charge in [0, 0.05) is 25.9 Å². The Morgan fingerprint density at radius 2 is 2.00 bits per heavy atom. The second-order valence-corrected chi connectivity index (χ2v) is 5.94. The molecular weight excluding hydrogens is 216 g/mol. The lowest BCUT2D eigenvalue weighted by Gasteiger charge is -2.36. The van der Waals surface area contributed by atoms with E-state index in [1.165, 1.54) is 0 Å². The normalized spacial score (nSPS) is 40.5. The van der Waals surface area contributed by atoms with Crippen LogP contribution in [0, 0.1) is 11.8 Å². The van der Waals surface area contributed by atoms with Crippen LogP contribution >= 0.6 is 0 Å². The van der Waals surface area contributed by atoms with E-state index in [0.29, 0.717) is 18.2 Å². The van der Waals surface area contributed by atoms with Crippen molar-refractivity contribution in [2.45, 2.75) is 44.7 Å². The number of hydrogen-bond acceptors (Lipinski definition) is 2. The quantitative estimate of drug-likeness (QED) is 0.677. The van der Waals surface area contributed by atoms with E-state index in [2.05, 4.69) is 6.92 Å². The third kappa shape index (κ3) is 1.57. The topological polar surface area (TPSA) is 40.6 Å². The van der Waals surface area contributed by atoms with E-state index in [1.807, 2.05) is 16.8 Å². The number of likely N-dealkylation sites (tertiary alicyclic amines) is 2. The number of amides is 2. The first-order valence-corrected chi connectivity index (χ1v) is 6.64. The molecule has 0 spiro atoms. The highest BCUT2D eigenvalue weighted by Gasteiger charge is 2.48. The third-order valence-corrected chi connectivity index (χ3v) is 4.79. The summed E-state index contributed by atoms with van der Waals surface area (Å²) in [5.41, 5.74) is 0. The number of nitrogens with zero attached hydrogens (tertiary/aromatic N) is 2. The van der Waals surface area contributed by atoms with Crippen LogP contribution < -0.4 is 0 Å². The molecule has 3 fully saturated rings. The molecule has 0 radical (unpaired) electrons. The van der Waals surface area contributed by atoms with Gasteiger partial charge in [-0.3, -0.25) is 9.59 Å². The lowest BCUT2D eigenvalue weighted by atomic mass is 9.75. The molecule has 4 heteroatoms. The van der Waals surface area contributed by atoms with Crippen LogP contribution in [0.4, 0.5) is 0 Å². The van der Waals surface area contributed by atoms with Crippen molar-refractivity contribution in [1.29, 1.82) is 0 Å². The third-order valence-electron chi connectivity index (χ3n) is 4.79. The number of rotatable bonds is 1. The summed E-state index contributed by atoms with van der Waals surface area (Å²) in [7, 11) is 1.87. The Morgan fingerprint density at radius 1 is 1.29 bits per heavy atom. The van der Waals surface area contributed by atoms with Crippen molar-refractivity contribution in [3.05, 3.63) is 0 Å². The van der Waals surface area contributed by atoms with Gasteiger partial charge in [0.25, 0.3) is 0 Å². The fraction of sp³-hybridized carbons (Fsp3) is 0.846. The molecule has 2 heterocycles. The Kier molecular flexibility index (Phi) is 2.42. The molecule has 0 aromatic heterocycles. The fourth-order valence-corrected chi connectivity index (χ4v) is 3.66. The number of fused-ring (bicyclic) bond motifs is 1. The number of carbonyl (C=O) groups is 2. The average molecular weight is 236 g/mol. The molecular formula is C13H20N2O2. The van der Waals surface area contributed by atoms with Crippen molar-refractivity contribution < 1.29 is 9.59 Å². The fourth-order valence-electron chi connectivity index (χ4n) is 3.66. The largest absolute Gasteiger partial charge is 0.341 e. The first-order chi connectivity index (χ1) is 8.08. The number of carbonyl (C=O) groups excluding carboxylic acids is 2. The van der Waals surface area contributed by atoms with Crippen molar-refractivity contribution in [2.24, 2.45) is 11.8 Å². The Balaban J connectivity index is 1.69. The van der Waals surface area contributed by atoms with Gasteiger partial charge in [0.2, 0.25) is 11.8 Å². The van der Waals surface area contributed by atoms with Crippen molar-refractivity contribution in [1.82, 2.24) is 9.80 Å². The van der Waals surface area contributed by atoms with E-state index in [1.54, 1.807) is 0 Å². The smallest absolute Gasteiger partial charge is 0.226 e. The molecule has 2 atom stereocenters. The van der Waals surface area contributed by atoms with E-state index >= 15 is 0 Å². The highest BCUT2D eigenvalue weighted by atomic mass is 16.2. The second kappa shape index (κ2) is 3.72. The Bertz CT molecular complexity index is 362. The zero-order valence-corrected chi connectivity index (χ0v) is 10.6. The molecule has 94 valence electrons. The molecule has 4 nitrogen and oxygen atoms in total. The van der Waals surface area contributed by atoms with Gasteiger partial charge < -0.3 is 9.80 Å². The summed E-state index contributed by atoms with van der Waals surface area (Å²) in [6.45, 7) is 3.04. The minimum Gasteiger partial charge on any atom is -0.341 e. The molecule has 0 aromatic carbocycles. The highest BCUT2D eigenvalue weighted by molar-refractivity contribution is 5.84. The van der Waals surface area contributed by atoms with E-state index in [4.69, 9.17) is 0 Å². The van der Waals surface area contributed by atoms with Crippen LogP contribution in [0.3, 0.4) is 0 Å². The van der Waals surface area contributed by atoms with E-state index in [0.717, 1.165) is 25.8 Å². The molecule has 2 amide bonds. The van der Waals surface area contributed by atoms with Gasteiger partial charge in [-0.05, 0) is 25.2 Å². The van der Waals surface area contributed by atoms with Gasteiger partial charge in [-0.15, -0.1) is 0 Å². The molecule has 3 aliphatic rings. The molecule has 3 rings (SSSR count). The van der Waals surface area contributed by atoms with Gasteiger partial charge in [0.15, 0.2) is 0 Å². The lowest BCUT2D eigenvalue weighted by Crippen LogP contribution is -2.45. The zero-order chi connectivity index (χ0) is 12.2. The predicted octanol–water partition coefficient (Wildman–Crippen LogP) is 0.864. The molecule has 2 aliphatic heterocycles. The Hall–Kier alpha value is -1.06. The Labute approximate surface area is 102 Å². The number of likely N-dealkylation sites (N-methyl/N-ethyl adjacent to an activating group) is 1. The van der Waals surface area contributed by atoms with Crippen LogP contribution in [0.1, 0.15) is 32.6 Å². The maximum absolute atomic E-state index is 12.3. The number of hydrogen-bond donors (Lipinski definition) is 0. The molecule has 0 N–H and O–H groups in total. The molecule has 1 aliphatic carbocycles. The SMILES string of the molecule is CC1CC(C(=O)N2CC[C@H]3[C@@H]2CC(=O)N3C)C1. The maximum Gasteiger partial charge on any atom is 0.226 e. The lowest BCUT2D eigenvalue weighted by molar-refractivity contribution is -0.140. The van der Waals surface area contributed by atoms with Crippen molar-refractivity contribution in [2.75, 3.05) is 13.6 Å². The van der Waals surface area contributed by atoms with Crippen LogP contribution in [0.15, 0.2) is 0 Å². The van der Waals surface area contributed by atoms with Crippen LogP contribution in [-0.4, -0.2) is 47.3 Å². The van der Waals surface area contributed by atoms with E-state index in [-0.39, 0.29) is 23.9 Å². The van der Waals surface area contributed by atoms with Crippen LogP contribution in [0.2, 0.25) is 0 Å². The zero-order valence-electron chi connectivity index (χ0n) is 10.6. The monoisotopic (exact) mass is 236 g/mol. The molecule has 0 bridgehead atoms. The predicted molar refractivity (Wildman–Crippen MR) is 63.2 cm³/mol. The van der Waals surface area contributed by atoms with Crippen molar-refractivity contribution in [3.8, 4) is 0 Å². The summed E-state index contributed by atoms with van der Waals surface area (Å²) >= 11 is 0. The second-order valence-electron chi connectivity index (χ2n) is 5.94. The summed E-state index contributed by atoms with van der Waals surface area (Å²) in [4.78, 5) is 27.8. The molecule has 1 saturated carbocycles. The first-order valence-electron chi connectivity index (χ1n) is 6.64. The summed E-state index contributed by atoms with van der Waals surface area (Å²) in [6, 6.07) is 0.444. The standard InChI is InChI=1S/C13H20N2O2/c1-8-5-9(6-8)13(17)15-4-3-10-11(15)7-12(16)14(10)2/h8-11H,3-7H2,1-2H3/t8?,9?,10-,11-/m0/s1. The highest BCUT2D eigenvalue weighted by Crippen LogP contribution is 2.38. The van der Waals surface area contributed by atoms with Gasteiger partial charge in [0.1, 0.15) is 0 Å². The summed E-state index contributed by atoms with van der Waals surface area (Å²) < 4.78 is 0. The van der Waals surface area contributed by atoms with Crippen molar-refractivity contribution >= 4 is 11.8 Å². The van der Waals surface area contributed by atoms with Crippen LogP contribution in [-0.2, 0) is 9.59 Å². The minimum absolute atomic E-state index is 0.163. The molecule has 2 saturated heterocycles. The molecule has 0 unspecified atom stereocenters. The van der Waals surface area contributed by atoms with Crippen LogP contribution in [0.5, 0.6) is 0 Å². The minimum atomic E-state index is 0.163. The van der Waals surface area contributed by atoms with Gasteiger partial charge in [0.05, 0.1) is 12.1 Å².